The van der Waals surface area contributed by atoms with Gasteiger partial charge in [0.25, 0.3) is 0 Å². The van der Waals surface area contributed by atoms with E-state index in [-0.39, 0.29) is 25.1 Å². The molecule has 0 amide bonds. The van der Waals surface area contributed by atoms with E-state index >= 15 is 0 Å². The van der Waals surface area contributed by atoms with Crippen LogP contribution in [0.4, 0.5) is 13.2 Å². The van der Waals surface area contributed by atoms with Gasteiger partial charge in [0.15, 0.2) is 5.60 Å². The summed E-state index contributed by atoms with van der Waals surface area (Å²) < 4.78 is 45.5. The van der Waals surface area contributed by atoms with Crippen molar-refractivity contribution in [3.05, 3.63) is 34.7 Å². The molecule has 4 nitrogen and oxygen atoms in total. The van der Waals surface area contributed by atoms with Crippen LogP contribution in [0.25, 0.3) is 10.1 Å². The number of likely N-dealkylation sites (tertiary alicyclic amines) is 1. The number of benzene rings is 1. The monoisotopic (exact) mass is 359 g/mol. The Morgan fingerprint density at radius 2 is 2.21 bits per heavy atom. The zero-order chi connectivity index (χ0) is 17.5. The highest BCUT2D eigenvalue weighted by Gasteiger charge is 2.58. The van der Waals surface area contributed by atoms with Crippen molar-refractivity contribution in [1.29, 1.82) is 0 Å². The number of ether oxygens (including phenoxy) is 1. The fourth-order valence-corrected chi connectivity index (χ4v) is 4.02. The molecule has 2 aromatic rings. The number of alkyl halides is 3. The molecule has 1 aliphatic heterocycles. The molecule has 3 rings (SSSR count). The number of hydrogen-bond donors (Lipinski definition) is 1. The summed E-state index contributed by atoms with van der Waals surface area (Å²) in [7, 11) is 1.09. The van der Waals surface area contributed by atoms with Crippen LogP contribution in [0.3, 0.4) is 0 Å². The molecule has 0 bridgehead atoms. The van der Waals surface area contributed by atoms with Gasteiger partial charge < -0.3 is 9.84 Å². The predicted octanol–water partition coefficient (Wildman–Crippen LogP) is 3.75. The smallest absolute Gasteiger partial charge is 0.418 e. The number of fused-ring (bicyclic) bond motifs is 1. The molecule has 0 radical (unpaired) electrons. The summed E-state index contributed by atoms with van der Waals surface area (Å²) in [6.07, 6.45) is -4.51. The Morgan fingerprint density at radius 3 is 2.79 bits per heavy atom. The second-order valence-electron chi connectivity index (χ2n) is 5.93. The highest BCUT2D eigenvalue weighted by atomic mass is 32.1. The topological polar surface area (TPSA) is 49.8 Å². The molecular weight excluding hydrogens is 343 g/mol. The number of nitrogens with zero attached hydrogens (tertiary/aromatic N) is 1. The number of rotatable bonds is 4. The molecule has 1 unspecified atom stereocenters. The minimum absolute atomic E-state index is 0.102. The summed E-state index contributed by atoms with van der Waals surface area (Å²) in [6, 6.07) is 4.83. The van der Waals surface area contributed by atoms with Gasteiger partial charge in [-0.05, 0) is 40.9 Å². The molecule has 0 spiro atoms. The lowest BCUT2D eigenvalue weighted by Gasteiger charge is -2.30. The van der Waals surface area contributed by atoms with E-state index in [1.54, 1.807) is 17.0 Å². The van der Waals surface area contributed by atoms with Crippen LogP contribution in [-0.4, -0.2) is 48.0 Å². The fraction of sp³-hybridized carbons (Fsp3) is 0.438. The van der Waals surface area contributed by atoms with Gasteiger partial charge in [0, 0.05) is 31.4 Å². The van der Waals surface area contributed by atoms with Crippen molar-refractivity contribution in [2.75, 3.05) is 20.2 Å². The van der Waals surface area contributed by atoms with E-state index in [2.05, 4.69) is 0 Å². The molecule has 1 saturated heterocycles. The van der Waals surface area contributed by atoms with Gasteiger partial charge in [0.2, 0.25) is 0 Å². The van der Waals surface area contributed by atoms with E-state index in [0.29, 0.717) is 6.54 Å². The van der Waals surface area contributed by atoms with Gasteiger partial charge in [0.05, 0.1) is 5.56 Å². The van der Waals surface area contributed by atoms with Crippen LogP contribution in [0.1, 0.15) is 22.3 Å². The van der Waals surface area contributed by atoms with Crippen LogP contribution < -0.4 is 0 Å². The summed E-state index contributed by atoms with van der Waals surface area (Å²) in [5.74, 6) is -1.02. The number of methoxy groups -OCH3 is 1. The van der Waals surface area contributed by atoms with E-state index in [9.17, 15) is 18.0 Å². The van der Waals surface area contributed by atoms with Crippen molar-refractivity contribution < 1.29 is 27.8 Å². The number of hydrogen-bond acceptors (Lipinski definition) is 4. The molecular formula is C16H16F3NO3S. The van der Waals surface area contributed by atoms with Crippen LogP contribution >= 0.6 is 11.3 Å². The van der Waals surface area contributed by atoms with Crippen LogP contribution in [0.2, 0.25) is 0 Å². The minimum Gasteiger partial charge on any atom is -0.478 e. The summed E-state index contributed by atoms with van der Waals surface area (Å²) in [5, 5.41) is 11.7. The van der Waals surface area contributed by atoms with E-state index < -0.39 is 17.7 Å². The molecule has 0 aliphatic carbocycles. The molecule has 1 aromatic heterocycles. The van der Waals surface area contributed by atoms with Crippen LogP contribution in [0, 0.1) is 0 Å². The quantitative estimate of drug-likeness (QED) is 0.903. The Morgan fingerprint density at radius 1 is 1.46 bits per heavy atom. The molecule has 8 heteroatoms. The zero-order valence-corrected chi connectivity index (χ0v) is 13.7. The Kier molecular flexibility index (Phi) is 4.31. The normalized spacial score (nSPS) is 22.3. The highest BCUT2D eigenvalue weighted by Crippen LogP contribution is 2.41. The number of carboxylic acids is 1. The van der Waals surface area contributed by atoms with Gasteiger partial charge in [-0.3, -0.25) is 4.90 Å². The lowest BCUT2D eigenvalue weighted by Crippen LogP contribution is -2.49. The molecule has 1 fully saturated rings. The third-order valence-corrected chi connectivity index (χ3v) is 5.53. The molecule has 24 heavy (non-hydrogen) atoms. The van der Waals surface area contributed by atoms with Gasteiger partial charge in [0.1, 0.15) is 0 Å². The minimum atomic E-state index is -4.41. The maximum Gasteiger partial charge on any atom is 0.418 e. The number of carbonyl (C=O) groups is 1. The Bertz CT molecular complexity index is 774. The third-order valence-electron chi connectivity index (χ3n) is 4.51. The lowest BCUT2D eigenvalue weighted by atomic mass is 10.0. The lowest BCUT2D eigenvalue weighted by molar-refractivity contribution is -0.263. The van der Waals surface area contributed by atoms with Crippen LogP contribution in [0.5, 0.6) is 0 Å². The van der Waals surface area contributed by atoms with Crippen LogP contribution in [0.15, 0.2) is 23.6 Å². The Labute approximate surface area is 140 Å². The van der Waals surface area contributed by atoms with Crippen molar-refractivity contribution in [3.63, 3.8) is 0 Å². The van der Waals surface area contributed by atoms with Gasteiger partial charge in [-0.25, -0.2) is 4.79 Å². The van der Waals surface area contributed by atoms with Gasteiger partial charge in [-0.1, -0.05) is 0 Å². The van der Waals surface area contributed by atoms with Crippen molar-refractivity contribution in [3.8, 4) is 0 Å². The number of thiophene rings is 1. The standard InChI is InChI=1S/C16H16F3NO3S/c1-23-15(16(17,18)19)4-5-20(9-15)7-11-8-24-13-3-2-10(14(21)22)6-12(11)13/h2-3,6,8H,4-5,7,9H2,1H3,(H,21,22). The highest BCUT2D eigenvalue weighted by molar-refractivity contribution is 7.17. The van der Waals surface area contributed by atoms with Crippen molar-refractivity contribution in [2.24, 2.45) is 0 Å². The number of aromatic carboxylic acids is 1. The SMILES string of the molecule is COC1(C(F)(F)F)CCN(Cc2csc3ccc(C(=O)O)cc23)C1. The molecule has 1 aliphatic rings. The van der Waals surface area contributed by atoms with Gasteiger partial charge >= 0.3 is 12.1 Å². The second kappa shape index (κ2) is 6.02. The first kappa shape index (κ1) is 17.2. The van der Waals surface area contributed by atoms with Gasteiger partial charge in [-0.2, -0.15) is 13.2 Å². The molecule has 1 N–H and O–H groups in total. The molecule has 1 atom stereocenters. The Hall–Kier alpha value is -1.64. The number of carboxylic acid groups (broad SMARTS) is 1. The average Bonchev–Trinajstić information content (AvgIpc) is 3.12. The molecule has 2 heterocycles. The zero-order valence-electron chi connectivity index (χ0n) is 12.9. The van der Waals surface area contributed by atoms with E-state index in [4.69, 9.17) is 9.84 Å². The van der Waals surface area contributed by atoms with Crippen molar-refractivity contribution in [2.45, 2.75) is 24.7 Å². The average molecular weight is 359 g/mol. The second-order valence-corrected chi connectivity index (χ2v) is 6.85. The summed E-state index contributed by atoms with van der Waals surface area (Å²) >= 11 is 1.46. The largest absolute Gasteiger partial charge is 0.478 e. The van der Waals surface area contributed by atoms with Crippen molar-refractivity contribution in [1.82, 2.24) is 4.90 Å². The fourth-order valence-electron chi connectivity index (χ4n) is 3.08. The predicted molar refractivity (Wildman–Crippen MR) is 84.5 cm³/mol. The van der Waals surface area contributed by atoms with E-state index in [1.807, 2.05) is 5.38 Å². The maximum absolute atomic E-state index is 13.2. The third kappa shape index (κ3) is 2.89. The first-order valence-electron chi connectivity index (χ1n) is 7.33. The summed E-state index contributed by atoms with van der Waals surface area (Å²) in [4.78, 5) is 12.8. The van der Waals surface area contributed by atoms with E-state index in [0.717, 1.165) is 22.8 Å². The summed E-state index contributed by atoms with van der Waals surface area (Å²) in [5.41, 5.74) is -1.11. The number of halogens is 3. The van der Waals surface area contributed by atoms with Gasteiger partial charge in [-0.15, -0.1) is 11.3 Å². The maximum atomic E-state index is 13.2. The van der Waals surface area contributed by atoms with Crippen molar-refractivity contribution >= 4 is 27.4 Å². The molecule has 130 valence electrons. The first-order chi connectivity index (χ1) is 11.3. The summed E-state index contributed by atoms with van der Waals surface area (Å²) in [6.45, 7) is 0.399. The Balaban J connectivity index is 1.84. The molecule has 1 aromatic carbocycles. The van der Waals surface area contributed by atoms with Crippen LogP contribution in [-0.2, 0) is 11.3 Å². The molecule has 0 saturated carbocycles. The first-order valence-corrected chi connectivity index (χ1v) is 8.21. The van der Waals surface area contributed by atoms with E-state index in [1.165, 1.54) is 17.4 Å².